The molecule has 2 saturated heterocycles. The van der Waals surface area contributed by atoms with Crippen LogP contribution < -0.4 is 14.8 Å². The van der Waals surface area contributed by atoms with Gasteiger partial charge in [-0.15, -0.1) is 0 Å². The largest absolute Gasteiger partial charge is 0.416 e. The van der Waals surface area contributed by atoms with Crippen LogP contribution in [0, 0.1) is 0 Å². The first-order chi connectivity index (χ1) is 30.0. The van der Waals surface area contributed by atoms with E-state index in [2.05, 4.69) is 134 Å². The Hall–Kier alpha value is -3.37. The zero-order valence-electron chi connectivity index (χ0n) is 41.3. The average molecular weight is 881 g/mol. The Kier molecular flexibility index (Phi) is 18.6. The van der Waals surface area contributed by atoms with E-state index in [4.69, 9.17) is 9.47 Å². The normalized spacial score (nSPS) is 18.4. The molecule has 2 aliphatic heterocycles. The third-order valence-corrected chi connectivity index (χ3v) is 17.2. The maximum absolute atomic E-state index is 14.5. The summed E-state index contributed by atoms with van der Waals surface area (Å²) in [4.78, 5) is 33.0. The zero-order valence-corrected chi connectivity index (χ0v) is 42.2. The van der Waals surface area contributed by atoms with Crippen LogP contribution in [0.3, 0.4) is 0 Å². The number of amides is 2. The minimum Gasteiger partial charge on any atom is -0.410 e. The first-order valence-corrected chi connectivity index (χ1v) is 26.5. The molecule has 348 valence electrons. The summed E-state index contributed by atoms with van der Waals surface area (Å²) in [6, 6.07) is 27.4. The molecule has 0 radical (unpaired) electrons. The summed E-state index contributed by atoms with van der Waals surface area (Å²) in [6.45, 7) is 22.4. The Labute approximate surface area is 385 Å². The molecule has 0 saturated carbocycles. The van der Waals surface area contributed by atoms with E-state index in [9.17, 15) is 9.59 Å². The summed E-state index contributed by atoms with van der Waals surface area (Å²) >= 11 is 0. The van der Waals surface area contributed by atoms with Crippen molar-refractivity contribution in [2.45, 2.75) is 231 Å². The molecule has 2 aliphatic rings. The molecule has 0 unspecified atom stereocenters. The summed E-state index contributed by atoms with van der Waals surface area (Å²) in [5.41, 5.74) is 1.21. The van der Waals surface area contributed by atoms with E-state index >= 15 is 0 Å². The van der Waals surface area contributed by atoms with E-state index in [-0.39, 0.29) is 12.2 Å². The summed E-state index contributed by atoms with van der Waals surface area (Å²) in [5.74, 6) is 1.39. The van der Waals surface area contributed by atoms with Gasteiger partial charge in [0.15, 0.2) is 0 Å². The van der Waals surface area contributed by atoms with Crippen LogP contribution in [0.15, 0.2) is 78.9 Å². The van der Waals surface area contributed by atoms with Gasteiger partial charge in [0, 0.05) is 22.2 Å². The molecule has 2 fully saturated rings. The first-order valence-electron chi connectivity index (χ1n) is 25.0. The summed E-state index contributed by atoms with van der Waals surface area (Å²) in [6.07, 6.45) is 22.4. The molecule has 63 heavy (non-hydrogen) atoms. The van der Waals surface area contributed by atoms with Crippen molar-refractivity contribution in [1.82, 2.24) is 9.80 Å². The SMILES string of the molecule is CCCCCCCCCc1ccccc1OC(=O)N1C(C)(C)CC(P(c2ccccc2)C2CC(C)(C)N(C(=O)Oc3ccccc3CCCCCCCCC)C(C)(C)C2)CC1(C)C. The van der Waals surface area contributed by atoms with E-state index < -0.39 is 30.1 Å². The molecular weight excluding hydrogens is 796 g/mol. The third-order valence-electron chi connectivity index (χ3n) is 14.0. The number of likely N-dealkylation sites (tertiary alicyclic amines) is 2. The summed E-state index contributed by atoms with van der Waals surface area (Å²) in [5, 5.41) is 1.41. The van der Waals surface area contributed by atoms with Crippen LogP contribution in [0.5, 0.6) is 11.5 Å². The van der Waals surface area contributed by atoms with Crippen LogP contribution in [-0.2, 0) is 12.8 Å². The lowest BCUT2D eigenvalue weighted by atomic mass is 9.79. The number of rotatable bonds is 21. The van der Waals surface area contributed by atoms with Crippen LogP contribution in [-0.4, -0.2) is 55.5 Å². The zero-order chi connectivity index (χ0) is 45.7. The highest BCUT2D eigenvalue weighted by molar-refractivity contribution is 7.67. The molecule has 6 nitrogen and oxygen atoms in total. The molecule has 0 bridgehead atoms. The number of para-hydroxylation sites is 2. The fourth-order valence-electron chi connectivity index (χ4n) is 11.6. The standard InChI is InChI=1S/C56H85N2O4P/c1-11-13-15-17-19-21-24-32-44-34-28-30-38-49(44)61-51(59)57-53(3,4)40-47(41-54(57,5)6)63(46-36-26-23-27-37-46)48-42-55(7,8)58(56(9,10)43-48)52(60)62-50-39-31-29-35-45(50)33-25-22-20-18-16-14-12-2/h23,26-31,34-39,47-48H,11-22,24-25,32-33,40-43H2,1-10H3. The maximum atomic E-state index is 14.5. The molecule has 0 N–H and O–H groups in total. The smallest absolute Gasteiger partial charge is 0.410 e. The van der Waals surface area contributed by atoms with E-state index in [1.165, 1.54) is 82.4 Å². The number of carbonyl (C=O) groups excluding carboxylic acids is 2. The van der Waals surface area contributed by atoms with Gasteiger partial charge in [-0.3, -0.25) is 9.80 Å². The van der Waals surface area contributed by atoms with Gasteiger partial charge in [0.25, 0.3) is 0 Å². The lowest BCUT2D eigenvalue weighted by Crippen LogP contribution is -2.66. The molecule has 7 heteroatoms. The number of hydrogen-bond donors (Lipinski definition) is 0. The Morgan fingerprint density at radius 3 is 1.16 bits per heavy atom. The van der Waals surface area contributed by atoms with Gasteiger partial charge in [-0.25, -0.2) is 9.59 Å². The second-order valence-corrected chi connectivity index (χ2v) is 24.3. The van der Waals surface area contributed by atoms with Crippen LogP contribution in [0.2, 0.25) is 0 Å². The number of unbranched alkanes of at least 4 members (excludes halogenated alkanes) is 12. The first kappa shape index (κ1) is 50.6. The number of aryl methyl sites for hydroxylation is 2. The highest BCUT2D eigenvalue weighted by atomic mass is 31.1. The third kappa shape index (κ3) is 13.8. The number of hydrogen-bond acceptors (Lipinski definition) is 4. The Morgan fingerprint density at radius 1 is 0.476 bits per heavy atom. The minimum atomic E-state index is -0.695. The Morgan fingerprint density at radius 2 is 0.794 bits per heavy atom. The summed E-state index contributed by atoms with van der Waals surface area (Å²) < 4.78 is 12.8. The second kappa shape index (κ2) is 23.2. The van der Waals surface area contributed by atoms with Crippen molar-refractivity contribution in [3.05, 3.63) is 90.0 Å². The van der Waals surface area contributed by atoms with Crippen molar-refractivity contribution in [1.29, 1.82) is 0 Å². The molecular formula is C56H85N2O4P. The Bertz CT molecular complexity index is 1720. The van der Waals surface area contributed by atoms with Crippen LogP contribution in [0.4, 0.5) is 9.59 Å². The van der Waals surface area contributed by atoms with Crippen molar-refractivity contribution in [3.63, 3.8) is 0 Å². The fraction of sp³-hybridized carbons (Fsp3) is 0.643. The highest BCUT2D eigenvalue weighted by Crippen LogP contribution is 2.60. The molecule has 2 heterocycles. The van der Waals surface area contributed by atoms with Crippen molar-refractivity contribution in [2.24, 2.45) is 0 Å². The van der Waals surface area contributed by atoms with E-state index in [0.717, 1.165) is 62.5 Å². The van der Waals surface area contributed by atoms with E-state index in [1.807, 2.05) is 24.3 Å². The van der Waals surface area contributed by atoms with Crippen LogP contribution in [0.1, 0.15) is 196 Å². The van der Waals surface area contributed by atoms with Gasteiger partial charge in [0.05, 0.1) is 0 Å². The highest BCUT2D eigenvalue weighted by Gasteiger charge is 2.55. The quantitative estimate of drug-likeness (QED) is 0.0790. The number of nitrogens with zero attached hydrogens (tertiary/aromatic N) is 2. The van der Waals surface area contributed by atoms with Crippen molar-refractivity contribution >= 4 is 25.4 Å². The van der Waals surface area contributed by atoms with Gasteiger partial charge >= 0.3 is 12.2 Å². The second-order valence-electron chi connectivity index (χ2n) is 21.5. The molecule has 0 atom stereocenters. The molecule has 2 amide bonds. The van der Waals surface area contributed by atoms with Crippen LogP contribution >= 0.6 is 7.92 Å². The van der Waals surface area contributed by atoms with E-state index in [1.54, 1.807) is 0 Å². The van der Waals surface area contributed by atoms with Gasteiger partial charge in [0.2, 0.25) is 0 Å². The lowest BCUT2D eigenvalue weighted by Gasteiger charge is -2.59. The Balaban J connectivity index is 1.30. The number of piperidine rings is 2. The number of benzene rings is 3. The lowest BCUT2D eigenvalue weighted by molar-refractivity contribution is -0.00810. The molecule has 5 rings (SSSR count). The minimum absolute atomic E-state index is 0.252. The van der Waals surface area contributed by atoms with Gasteiger partial charge in [-0.05, 0) is 147 Å². The van der Waals surface area contributed by atoms with E-state index in [0.29, 0.717) is 22.8 Å². The van der Waals surface area contributed by atoms with Gasteiger partial charge < -0.3 is 9.47 Å². The van der Waals surface area contributed by atoms with Crippen LogP contribution in [0.25, 0.3) is 0 Å². The van der Waals surface area contributed by atoms with Crippen molar-refractivity contribution in [2.75, 3.05) is 0 Å². The molecule has 0 aromatic heterocycles. The van der Waals surface area contributed by atoms with Gasteiger partial charge in [0.1, 0.15) is 11.5 Å². The fourth-order valence-corrected chi connectivity index (χ4v) is 16.1. The van der Waals surface area contributed by atoms with Crippen molar-refractivity contribution in [3.8, 4) is 11.5 Å². The predicted molar refractivity (Wildman–Crippen MR) is 267 cm³/mol. The monoisotopic (exact) mass is 881 g/mol. The maximum Gasteiger partial charge on any atom is 0.416 e. The average Bonchev–Trinajstić information content (AvgIpc) is 3.20. The number of ether oxygens (including phenoxy) is 2. The molecule has 3 aromatic carbocycles. The molecule has 0 aliphatic carbocycles. The van der Waals surface area contributed by atoms with Gasteiger partial charge in [-0.1, -0.05) is 166 Å². The topological polar surface area (TPSA) is 59.1 Å². The predicted octanol–water partition coefficient (Wildman–Crippen LogP) is 15.8. The van der Waals surface area contributed by atoms with Crippen molar-refractivity contribution < 1.29 is 19.1 Å². The molecule has 0 spiro atoms. The molecule has 3 aromatic rings. The number of carbonyl (C=O) groups is 2. The van der Waals surface area contributed by atoms with Gasteiger partial charge in [-0.2, -0.15) is 0 Å². The summed E-state index contributed by atoms with van der Waals surface area (Å²) in [7, 11) is -0.695.